The van der Waals surface area contributed by atoms with Crippen LogP contribution < -0.4 is 10.8 Å². The van der Waals surface area contributed by atoms with Crippen LogP contribution in [-0.2, 0) is 11.4 Å². The number of carbonyl (C=O) groups is 1. The van der Waals surface area contributed by atoms with Crippen molar-refractivity contribution in [3.8, 4) is 0 Å². The third kappa shape index (κ3) is 6.30. The van der Waals surface area contributed by atoms with Crippen LogP contribution in [0.4, 0.5) is 15.8 Å². The molecule has 0 atom stereocenters. The molecule has 0 bridgehead atoms. The summed E-state index contributed by atoms with van der Waals surface area (Å²) in [6.07, 6.45) is 9.89. The summed E-state index contributed by atoms with van der Waals surface area (Å²) in [5, 5.41) is 3.17. The van der Waals surface area contributed by atoms with Crippen molar-refractivity contribution in [1.29, 1.82) is 0 Å². The Bertz CT molecular complexity index is 1250. The fourth-order valence-corrected chi connectivity index (χ4v) is 5.09. The van der Waals surface area contributed by atoms with Crippen molar-refractivity contribution >= 4 is 28.3 Å². The number of nitrogens with zero attached hydrogens (tertiary/aromatic N) is 3. The Hall–Kier alpha value is -2.97. The van der Waals surface area contributed by atoms with E-state index in [0.29, 0.717) is 18.0 Å². The van der Waals surface area contributed by atoms with E-state index in [0.717, 1.165) is 55.6 Å². The maximum absolute atomic E-state index is 15.9. The van der Waals surface area contributed by atoms with Crippen molar-refractivity contribution in [2.45, 2.75) is 65.3 Å². The number of unbranched alkanes of at least 4 members (excludes halogenated alkanes) is 1. The number of hydrogen-bond acceptors (Lipinski definition) is 5. The van der Waals surface area contributed by atoms with Crippen molar-refractivity contribution in [2.75, 3.05) is 31.6 Å². The molecule has 1 aliphatic heterocycles. The van der Waals surface area contributed by atoms with Crippen molar-refractivity contribution < 1.29 is 14.0 Å². The zero-order chi connectivity index (χ0) is 25.8. The Labute approximate surface area is 218 Å². The number of carbonyl (C=O) groups excluding carboxylic acids is 1. The molecule has 7 nitrogen and oxygen atoms in total. The zero-order valence-corrected chi connectivity index (χ0v) is 22.0. The first kappa shape index (κ1) is 25.7. The molecule has 2 heterocycles. The number of hydroxylamine groups is 1. The molecular weight excluding hydrogens is 469 g/mol. The van der Waals surface area contributed by atoms with Gasteiger partial charge in [-0.05, 0) is 95.6 Å². The number of likely N-dealkylation sites (tertiary alicyclic amines) is 1. The highest BCUT2D eigenvalue weighted by Gasteiger charge is 2.25. The Morgan fingerprint density at radius 3 is 2.65 bits per heavy atom. The molecular formula is C29H38FN5O2. The SMILES string of the molecule is Cc1ccc(Nc2c(C(=O)NOCC3CC3)cc3c(ncn3CCCCN3CCCCC3)c2F)c(C)c1. The predicted molar refractivity (Wildman–Crippen MR) is 145 cm³/mol. The van der Waals surface area contributed by atoms with E-state index in [9.17, 15) is 4.79 Å². The lowest BCUT2D eigenvalue weighted by atomic mass is 10.1. The Balaban J connectivity index is 1.37. The lowest BCUT2D eigenvalue weighted by Crippen LogP contribution is -2.30. The molecule has 1 aromatic heterocycles. The number of hydrogen-bond donors (Lipinski definition) is 2. The van der Waals surface area contributed by atoms with Gasteiger partial charge in [-0.1, -0.05) is 24.1 Å². The minimum atomic E-state index is -0.531. The topological polar surface area (TPSA) is 71.4 Å². The molecule has 2 aromatic carbocycles. The Morgan fingerprint density at radius 1 is 1.11 bits per heavy atom. The van der Waals surface area contributed by atoms with Gasteiger partial charge in [0, 0.05) is 12.2 Å². The maximum Gasteiger partial charge on any atom is 0.277 e. The van der Waals surface area contributed by atoms with Crippen LogP contribution in [-0.4, -0.2) is 46.6 Å². The van der Waals surface area contributed by atoms with Crippen molar-refractivity contribution in [3.05, 3.63) is 53.1 Å². The number of halogens is 1. The number of benzene rings is 2. The number of fused-ring (bicyclic) bond motifs is 1. The van der Waals surface area contributed by atoms with Gasteiger partial charge in [0.25, 0.3) is 5.91 Å². The molecule has 0 unspecified atom stereocenters. The third-order valence-corrected chi connectivity index (χ3v) is 7.50. The van der Waals surface area contributed by atoms with E-state index in [4.69, 9.17) is 4.84 Å². The quantitative estimate of drug-likeness (QED) is 0.251. The molecule has 3 aromatic rings. The van der Waals surface area contributed by atoms with Gasteiger partial charge in [-0.3, -0.25) is 9.63 Å². The summed E-state index contributed by atoms with van der Waals surface area (Å²) < 4.78 is 17.9. The minimum absolute atomic E-state index is 0.113. The van der Waals surface area contributed by atoms with Crippen molar-refractivity contribution in [1.82, 2.24) is 19.9 Å². The number of nitrogens with one attached hydrogen (secondary N) is 2. The van der Waals surface area contributed by atoms with Crippen LogP contribution >= 0.6 is 0 Å². The lowest BCUT2D eigenvalue weighted by molar-refractivity contribution is 0.0271. The van der Waals surface area contributed by atoms with Crippen LogP contribution in [0.15, 0.2) is 30.6 Å². The summed E-state index contributed by atoms with van der Waals surface area (Å²) in [4.78, 5) is 25.6. The molecule has 0 spiro atoms. The largest absolute Gasteiger partial charge is 0.352 e. The predicted octanol–water partition coefficient (Wildman–Crippen LogP) is 5.87. The number of amides is 1. The van der Waals surface area contributed by atoms with Gasteiger partial charge in [0.05, 0.1) is 29.7 Å². The lowest BCUT2D eigenvalue weighted by Gasteiger charge is -2.26. The third-order valence-electron chi connectivity index (χ3n) is 7.50. The van der Waals surface area contributed by atoms with E-state index in [1.54, 1.807) is 12.4 Å². The van der Waals surface area contributed by atoms with Crippen LogP contribution in [0.25, 0.3) is 11.0 Å². The molecule has 5 rings (SSSR count). The van der Waals surface area contributed by atoms with E-state index in [1.165, 1.54) is 32.4 Å². The van der Waals surface area contributed by atoms with E-state index in [-0.39, 0.29) is 16.8 Å². The number of anilines is 2. The maximum atomic E-state index is 15.9. The summed E-state index contributed by atoms with van der Waals surface area (Å²) in [5.41, 5.74) is 6.56. The number of aromatic nitrogens is 2. The van der Waals surface area contributed by atoms with E-state index in [2.05, 4.69) is 20.7 Å². The highest BCUT2D eigenvalue weighted by molar-refractivity contribution is 6.04. The van der Waals surface area contributed by atoms with Gasteiger partial charge in [-0.15, -0.1) is 0 Å². The fourth-order valence-electron chi connectivity index (χ4n) is 5.09. The van der Waals surface area contributed by atoms with Crippen LogP contribution in [0, 0.1) is 25.6 Å². The standard InChI is InChI=1S/C29H38FN5O2/c1-20-8-11-24(21(2)16-20)32-27-23(29(36)33-37-18-22-9-10-22)17-25-28(26(27)30)31-19-35(25)15-7-6-14-34-12-4-3-5-13-34/h8,11,16-17,19,22,32H,3-7,9-10,12-15,18H2,1-2H3,(H,33,36). The molecule has 198 valence electrons. The van der Waals surface area contributed by atoms with Crippen LogP contribution in [0.1, 0.15) is 66.4 Å². The summed E-state index contributed by atoms with van der Waals surface area (Å²) in [7, 11) is 0. The number of imidazole rings is 1. The number of piperidine rings is 1. The molecule has 2 fully saturated rings. The molecule has 1 aliphatic carbocycles. The first-order valence-corrected chi connectivity index (χ1v) is 13.7. The molecule has 37 heavy (non-hydrogen) atoms. The van der Waals surface area contributed by atoms with Crippen LogP contribution in [0.2, 0.25) is 0 Å². The summed E-state index contributed by atoms with van der Waals surface area (Å²) >= 11 is 0. The van der Waals surface area contributed by atoms with Crippen LogP contribution in [0.5, 0.6) is 0 Å². The van der Waals surface area contributed by atoms with Gasteiger partial charge >= 0.3 is 0 Å². The van der Waals surface area contributed by atoms with Gasteiger partial charge in [-0.2, -0.15) is 0 Å². The normalized spacial score (nSPS) is 16.3. The number of rotatable bonds is 11. The van der Waals surface area contributed by atoms with Crippen molar-refractivity contribution in [3.63, 3.8) is 0 Å². The molecule has 0 radical (unpaired) electrons. The minimum Gasteiger partial charge on any atom is -0.352 e. The van der Waals surface area contributed by atoms with Gasteiger partial charge in [0.2, 0.25) is 0 Å². The van der Waals surface area contributed by atoms with Gasteiger partial charge < -0.3 is 14.8 Å². The molecule has 8 heteroatoms. The zero-order valence-electron chi connectivity index (χ0n) is 22.0. The van der Waals surface area contributed by atoms with E-state index >= 15 is 4.39 Å². The van der Waals surface area contributed by atoms with Gasteiger partial charge in [-0.25, -0.2) is 14.9 Å². The molecule has 1 saturated heterocycles. The highest BCUT2D eigenvalue weighted by Crippen LogP contribution is 2.33. The molecule has 1 amide bonds. The summed E-state index contributed by atoms with van der Waals surface area (Å²) in [6.45, 7) is 8.66. The van der Waals surface area contributed by atoms with E-state index < -0.39 is 11.7 Å². The van der Waals surface area contributed by atoms with Gasteiger partial charge in [0.1, 0.15) is 5.52 Å². The van der Waals surface area contributed by atoms with E-state index in [1.807, 2.05) is 36.6 Å². The second-order valence-corrected chi connectivity index (χ2v) is 10.7. The first-order chi connectivity index (χ1) is 18.0. The monoisotopic (exact) mass is 507 g/mol. The molecule has 2 N–H and O–H groups in total. The Kier molecular flexibility index (Phi) is 8.05. The second kappa shape index (κ2) is 11.6. The average molecular weight is 508 g/mol. The highest BCUT2D eigenvalue weighted by atomic mass is 19.1. The summed E-state index contributed by atoms with van der Waals surface area (Å²) in [5.74, 6) is -0.498. The molecule has 2 aliphatic rings. The summed E-state index contributed by atoms with van der Waals surface area (Å²) in [6, 6.07) is 7.62. The Morgan fingerprint density at radius 2 is 1.89 bits per heavy atom. The molecule has 1 saturated carbocycles. The fraction of sp³-hybridized carbons (Fsp3) is 0.517. The average Bonchev–Trinajstić information content (AvgIpc) is 3.63. The van der Waals surface area contributed by atoms with Crippen LogP contribution in [0.3, 0.4) is 0 Å². The van der Waals surface area contributed by atoms with Gasteiger partial charge in [0.15, 0.2) is 5.82 Å². The van der Waals surface area contributed by atoms with Crippen molar-refractivity contribution in [2.24, 2.45) is 5.92 Å². The smallest absolute Gasteiger partial charge is 0.277 e. The second-order valence-electron chi connectivity index (χ2n) is 10.7. The first-order valence-electron chi connectivity index (χ1n) is 13.7. The number of aryl methyl sites for hydroxylation is 3.